The Kier molecular flexibility index (Phi) is 3.70. The van der Waals surface area contributed by atoms with E-state index in [4.69, 9.17) is 4.74 Å². The topological polar surface area (TPSA) is 63.6 Å². The lowest BCUT2D eigenvalue weighted by atomic mass is 9.77. The molecule has 19 heavy (non-hydrogen) atoms. The van der Waals surface area contributed by atoms with Crippen molar-refractivity contribution >= 4 is 11.9 Å². The fraction of sp³-hybridized carbons (Fsp3) is 0.733. The number of carbonyl (C=O) groups is 2. The van der Waals surface area contributed by atoms with Crippen LogP contribution in [0.1, 0.15) is 34.1 Å². The van der Waals surface area contributed by atoms with Gasteiger partial charge in [0.1, 0.15) is 0 Å². The van der Waals surface area contributed by atoms with Crippen LogP contribution in [0.2, 0.25) is 0 Å². The molecular weight excluding hydrogens is 244 g/mol. The first-order valence-corrected chi connectivity index (χ1v) is 6.99. The Bertz CT molecular complexity index is 435. The fourth-order valence-corrected chi connectivity index (χ4v) is 3.45. The van der Waals surface area contributed by atoms with Crippen LogP contribution in [0, 0.1) is 29.6 Å². The highest BCUT2D eigenvalue weighted by Gasteiger charge is 2.52. The highest BCUT2D eigenvalue weighted by Crippen LogP contribution is 2.55. The molecule has 0 aromatic carbocycles. The van der Waals surface area contributed by atoms with Gasteiger partial charge in [-0.2, -0.15) is 0 Å². The molecule has 1 N–H and O–H groups in total. The number of esters is 1. The van der Waals surface area contributed by atoms with Crippen LogP contribution in [-0.2, 0) is 14.3 Å². The van der Waals surface area contributed by atoms with Crippen molar-refractivity contribution in [2.75, 3.05) is 6.61 Å². The maximum Gasteiger partial charge on any atom is 0.334 e. The van der Waals surface area contributed by atoms with Crippen LogP contribution in [0.3, 0.4) is 0 Å². The summed E-state index contributed by atoms with van der Waals surface area (Å²) < 4.78 is 5.24. The largest absolute Gasteiger partial charge is 0.478 e. The van der Waals surface area contributed by atoms with Crippen LogP contribution in [0.5, 0.6) is 0 Å². The number of carboxylic acids is 1. The van der Waals surface area contributed by atoms with E-state index < -0.39 is 11.9 Å². The van der Waals surface area contributed by atoms with Gasteiger partial charge in [0, 0.05) is 0 Å². The monoisotopic (exact) mass is 266 g/mol. The van der Waals surface area contributed by atoms with E-state index in [1.54, 1.807) is 0 Å². The van der Waals surface area contributed by atoms with Gasteiger partial charge >= 0.3 is 11.9 Å². The van der Waals surface area contributed by atoms with Crippen molar-refractivity contribution in [2.24, 2.45) is 29.6 Å². The summed E-state index contributed by atoms with van der Waals surface area (Å²) in [4.78, 5) is 23.6. The molecule has 0 saturated heterocycles. The minimum Gasteiger partial charge on any atom is -0.478 e. The first-order chi connectivity index (χ1) is 8.84. The van der Waals surface area contributed by atoms with Gasteiger partial charge in [-0.1, -0.05) is 27.7 Å². The van der Waals surface area contributed by atoms with Gasteiger partial charge in [0.2, 0.25) is 0 Å². The highest BCUT2D eigenvalue weighted by molar-refractivity contribution is 6.02. The second-order valence-corrected chi connectivity index (χ2v) is 6.29. The van der Waals surface area contributed by atoms with E-state index in [0.29, 0.717) is 29.6 Å². The van der Waals surface area contributed by atoms with Gasteiger partial charge in [-0.25, -0.2) is 9.59 Å². The van der Waals surface area contributed by atoms with Crippen LogP contribution < -0.4 is 0 Å². The lowest BCUT2D eigenvalue weighted by Crippen LogP contribution is -2.28. The van der Waals surface area contributed by atoms with Crippen LogP contribution in [0.25, 0.3) is 0 Å². The van der Waals surface area contributed by atoms with Crippen molar-refractivity contribution < 1.29 is 19.4 Å². The molecule has 0 aromatic rings. The molecule has 1 fully saturated rings. The van der Waals surface area contributed by atoms with Gasteiger partial charge in [-0.3, -0.25) is 0 Å². The number of carboxylic acid groups (broad SMARTS) is 1. The second-order valence-electron chi connectivity index (χ2n) is 6.29. The van der Waals surface area contributed by atoms with Crippen LogP contribution in [-0.4, -0.2) is 23.7 Å². The Balaban J connectivity index is 2.27. The van der Waals surface area contributed by atoms with Crippen LogP contribution in [0.15, 0.2) is 11.1 Å². The Morgan fingerprint density at radius 2 is 1.74 bits per heavy atom. The van der Waals surface area contributed by atoms with Gasteiger partial charge in [-0.15, -0.1) is 0 Å². The Hall–Kier alpha value is -1.32. The number of carbonyl (C=O) groups excluding carboxylic acids is 1. The number of hydrogen-bond donors (Lipinski definition) is 1. The number of ether oxygens (including phenoxy) is 1. The summed E-state index contributed by atoms with van der Waals surface area (Å²) in [5.74, 6) is -0.356. The SMILES string of the molecule is CC(C)COC(=O)C1=C(C(=O)O)C2CC1C(C)C2C. The van der Waals surface area contributed by atoms with Crippen LogP contribution in [0.4, 0.5) is 0 Å². The Labute approximate surface area is 113 Å². The maximum atomic E-state index is 12.2. The molecule has 4 atom stereocenters. The summed E-state index contributed by atoms with van der Waals surface area (Å²) in [6, 6.07) is 0. The first kappa shape index (κ1) is 14.1. The molecule has 1 saturated carbocycles. The molecule has 0 amide bonds. The van der Waals surface area contributed by atoms with Crippen LogP contribution >= 0.6 is 0 Å². The van der Waals surface area contributed by atoms with Crippen molar-refractivity contribution in [3.05, 3.63) is 11.1 Å². The van der Waals surface area contributed by atoms with E-state index in [0.717, 1.165) is 6.42 Å². The van der Waals surface area contributed by atoms with Crippen molar-refractivity contribution in [3.8, 4) is 0 Å². The summed E-state index contributed by atoms with van der Waals surface area (Å²) in [5, 5.41) is 9.37. The normalized spacial score (nSPS) is 33.1. The molecule has 2 aliphatic rings. The van der Waals surface area contributed by atoms with Crippen molar-refractivity contribution in [3.63, 3.8) is 0 Å². The molecule has 0 aromatic heterocycles. The molecule has 0 heterocycles. The predicted octanol–water partition coefficient (Wildman–Crippen LogP) is 2.49. The van der Waals surface area contributed by atoms with E-state index in [2.05, 4.69) is 13.8 Å². The molecule has 0 aliphatic heterocycles. The summed E-state index contributed by atoms with van der Waals surface area (Å²) >= 11 is 0. The van der Waals surface area contributed by atoms with Crippen molar-refractivity contribution in [1.82, 2.24) is 0 Å². The number of hydrogen-bond acceptors (Lipinski definition) is 3. The maximum absolute atomic E-state index is 12.2. The van der Waals surface area contributed by atoms with E-state index in [9.17, 15) is 14.7 Å². The number of aliphatic carboxylic acids is 1. The van der Waals surface area contributed by atoms with Gasteiger partial charge in [0.15, 0.2) is 0 Å². The number of rotatable bonds is 4. The third-order valence-corrected chi connectivity index (χ3v) is 4.64. The third kappa shape index (κ3) is 2.28. The average Bonchev–Trinajstić information content (AvgIpc) is 2.84. The van der Waals surface area contributed by atoms with Gasteiger partial charge < -0.3 is 9.84 Å². The van der Waals surface area contributed by atoms with E-state index in [1.165, 1.54) is 0 Å². The van der Waals surface area contributed by atoms with E-state index in [1.807, 2.05) is 13.8 Å². The predicted molar refractivity (Wildman–Crippen MR) is 70.4 cm³/mol. The second kappa shape index (κ2) is 4.99. The first-order valence-electron chi connectivity index (χ1n) is 6.99. The zero-order valence-corrected chi connectivity index (χ0v) is 12.0. The lowest BCUT2D eigenvalue weighted by Gasteiger charge is -2.27. The molecule has 106 valence electrons. The third-order valence-electron chi connectivity index (χ3n) is 4.64. The minimum absolute atomic E-state index is 0.0131. The Morgan fingerprint density at radius 3 is 2.21 bits per heavy atom. The Morgan fingerprint density at radius 1 is 1.21 bits per heavy atom. The lowest BCUT2D eigenvalue weighted by molar-refractivity contribution is -0.142. The fourth-order valence-electron chi connectivity index (χ4n) is 3.45. The summed E-state index contributed by atoms with van der Waals surface area (Å²) in [6.45, 7) is 8.45. The molecule has 2 bridgehead atoms. The van der Waals surface area contributed by atoms with Gasteiger partial charge in [-0.05, 0) is 36.0 Å². The average molecular weight is 266 g/mol. The zero-order chi connectivity index (χ0) is 14.3. The van der Waals surface area contributed by atoms with Gasteiger partial charge in [0.05, 0.1) is 17.8 Å². The smallest absolute Gasteiger partial charge is 0.334 e. The summed E-state index contributed by atoms with van der Waals surface area (Å²) in [5.41, 5.74) is 0.744. The molecule has 2 rings (SSSR count). The number of fused-ring (bicyclic) bond motifs is 2. The molecule has 0 spiro atoms. The summed E-state index contributed by atoms with van der Waals surface area (Å²) in [6.07, 6.45) is 0.788. The molecule has 0 radical (unpaired) electrons. The molecule has 4 nitrogen and oxygen atoms in total. The zero-order valence-electron chi connectivity index (χ0n) is 12.0. The highest BCUT2D eigenvalue weighted by atomic mass is 16.5. The van der Waals surface area contributed by atoms with Crippen molar-refractivity contribution in [2.45, 2.75) is 34.1 Å². The standard InChI is InChI=1S/C15H22O4/c1-7(2)6-19-15(18)13-11-5-10(8(3)9(11)4)12(13)14(16)17/h7-11H,5-6H2,1-4H3,(H,16,17). The van der Waals surface area contributed by atoms with E-state index >= 15 is 0 Å². The molecule has 4 heteroatoms. The summed E-state index contributed by atoms with van der Waals surface area (Å²) in [7, 11) is 0. The van der Waals surface area contributed by atoms with Crippen molar-refractivity contribution in [1.29, 1.82) is 0 Å². The minimum atomic E-state index is -0.956. The molecule has 2 aliphatic carbocycles. The molecular formula is C15H22O4. The van der Waals surface area contributed by atoms with Gasteiger partial charge in [0.25, 0.3) is 0 Å². The quantitative estimate of drug-likeness (QED) is 0.794. The molecule has 4 unspecified atom stereocenters. The van der Waals surface area contributed by atoms with E-state index in [-0.39, 0.29) is 17.8 Å².